The standard InChI is InChI=1S/C19H12ClF4N3O2/c20-13-4-2-1-3-11(13)15-7-8-16(28)27(15)10-5-6-12(14(21)9-10)17-25-18(29-26-17)19(22,23)24/h1-6,9,15H,7-8H2. The minimum atomic E-state index is -4.83. The smallest absolute Gasteiger partial charge is 0.329 e. The van der Waals surface area contributed by atoms with E-state index in [9.17, 15) is 22.4 Å². The fraction of sp³-hybridized carbons (Fsp3) is 0.211. The number of hydrogen-bond acceptors (Lipinski definition) is 4. The molecule has 2 heterocycles. The molecule has 2 aromatic carbocycles. The number of carbonyl (C=O) groups is 1. The van der Waals surface area contributed by atoms with Crippen molar-refractivity contribution in [3.63, 3.8) is 0 Å². The average Bonchev–Trinajstić information content (AvgIpc) is 3.29. The van der Waals surface area contributed by atoms with Crippen LogP contribution in [0.3, 0.4) is 0 Å². The highest BCUT2D eigenvalue weighted by atomic mass is 35.5. The van der Waals surface area contributed by atoms with Gasteiger partial charge >= 0.3 is 12.1 Å². The fourth-order valence-corrected chi connectivity index (χ4v) is 3.59. The Morgan fingerprint density at radius 3 is 2.59 bits per heavy atom. The first-order chi connectivity index (χ1) is 13.8. The second-order valence-corrected chi connectivity index (χ2v) is 6.83. The zero-order chi connectivity index (χ0) is 20.8. The van der Waals surface area contributed by atoms with Crippen molar-refractivity contribution in [3.8, 4) is 11.4 Å². The molecule has 3 aromatic rings. The second kappa shape index (κ2) is 7.14. The lowest BCUT2D eigenvalue weighted by atomic mass is 10.0. The molecule has 1 aliphatic heterocycles. The number of nitrogens with zero attached hydrogens (tertiary/aromatic N) is 3. The Labute approximate surface area is 166 Å². The molecule has 4 rings (SSSR count). The molecule has 1 atom stereocenters. The molecule has 1 saturated heterocycles. The molecule has 0 aliphatic carbocycles. The third kappa shape index (κ3) is 3.57. The molecular formula is C19H12ClF4N3O2. The lowest BCUT2D eigenvalue weighted by Crippen LogP contribution is -2.27. The highest BCUT2D eigenvalue weighted by Gasteiger charge is 2.39. The molecule has 29 heavy (non-hydrogen) atoms. The monoisotopic (exact) mass is 425 g/mol. The minimum Gasteiger partial charge on any atom is -0.329 e. The summed E-state index contributed by atoms with van der Waals surface area (Å²) in [7, 11) is 0. The van der Waals surface area contributed by atoms with Gasteiger partial charge in [-0.2, -0.15) is 18.2 Å². The Morgan fingerprint density at radius 2 is 1.93 bits per heavy atom. The molecule has 1 unspecified atom stereocenters. The number of benzene rings is 2. The second-order valence-electron chi connectivity index (χ2n) is 6.42. The van der Waals surface area contributed by atoms with Gasteiger partial charge in [-0.25, -0.2) is 4.39 Å². The lowest BCUT2D eigenvalue weighted by Gasteiger charge is -2.26. The van der Waals surface area contributed by atoms with Crippen LogP contribution in [0.2, 0.25) is 5.02 Å². The van der Waals surface area contributed by atoms with Crippen LogP contribution in [0.4, 0.5) is 23.2 Å². The first-order valence-corrected chi connectivity index (χ1v) is 8.91. The van der Waals surface area contributed by atoms with E-state index < -0.39 is 23.7 Å². The van der Waals surface area contributed by atoms with E-state index in [1.807, 2.05) is 0 Å². The number of alkyl halides is 3. The molecule has 5 nitrogen and oxygen atoms in total. The predicted molar refractivity (Wildman–Crippen MR) is 95.6 cm³/mol. The van der Waals surface area contributed by atoms with Gasteiger partial charge in [0, 0.05) is 17.1 Å². The van der Waals surface area contributed by atoms with Gasteiger partial charge in [0.05, 0.1) is 11.6 Å². The SMILES string of the molecule is O=C1CCC(c2ccccc2Cl)N1c1ccc(-c2noc(C(F)(F)F)n2)c(F)c1. The van der Waals surface area contributed by atoms with Gasteiger partial charge < -0.3 is 9.42 Å². The number of anilines is 1. The van der Waals surface area contributed by atoms with Crippen molar-refractivity contribution in [3.05, 3.63) is 64.8 Å². The maximum absolute atomic E-state index is 14.7. The van der Waals surface area contributed by atoms with E-state index in [4.69, 9.17) is 11.6 Å². The van der Waals surface area contributed by atoms with Crippen LogP contribution in [0.25, 0.3) is 11.4 Å². The summed E-state index contributed by atoms with van der Waals surface area (Å²) < 4.78 is 56.7. The number of carbonyl (C=O) groups excluding carboxylic acids is 1. The van der Waals surface area contributed by atoms with Gasteiger partial charge in [-0.15, -0.1) is 0 Å². The molecule has 150 valence electrons. The van der Waals surface area contributed by atoms with Crippen molar-refractivity contribution in [1.29, 1.82) is 0 Å². The zero-order valence-electron chi connectivity index (χ0n) is 14.6. The summed E-state index contributed by atoms with van der Waals surface area (Å²) in [6.07, 6.45) is -4.06. The number of halogens is 5. The summed E-state index contributed by atoms with van der Waals surface area (Å²) >= 11 is 6.25. The average molecular weight is 426 g/mol. The highest BCUT2D eigenvalue weighted by molar-refractivity contribution is 6.31. The van der Waals surface area contributed by atoms with E-state index in [0.717, 1.165) is 11.6 Å². The maximum atomic E-state index is 14.7. The minimum absolute atomic E-state index is 0.207. The fourth-order valence-electron chi connectivity index (χ4n) is 3.33. The number of hydrogen-bond donors (Lipinski definition) is 0. The zero-order valence-corrected chi connectivity index (χ0v) is 15.3. The molecule has 1 amide bonds. The highest BCUT2D eigenvalue weighted by Crippen LogP contribution is 2.40. The van der Waals surface area contributed by atoms with Crippen LogP contribution in [-0.4, -0.2) is 16.0 Å². The van der Waals surface area contributed by atoms with Gasteiger partial charge in [-0.05, 0) is 36.2 Å². The van der Waals surface area contributed by atoms with E-state index in [2.05, 4.69) is 14.7 Å². The van der Waals surface area contributed by atoms with Crippen LogP contribution >= 0.6 is 11.6 Å². The molecule has 0 N–H and O–H groups in total. The van der Waals surface area contributed by atoms with Crippen molar-refractivity contribution in [2.45, 2.75) is 25.1 Å². The van der Waals surface area contributed by atoms with Gasteiger partial charge in [0.2, 0.25) is 11.7 Å². The first-order valence-electron chi connectivity index (χ1n) is 8.53. The van der Waals surface area contributed by atoms with E-state index in [1.165, 1.54) is 17.0 Å². The lowest BCUT2D eigenvalue weighted by molar-refractivity contribution is -0.159. The van der Waals surface area contributed by atoms with E-state index in [0.29, 0.717) is 11.4 Å². The Bertz CT molecular complexity index is 1080. The third-order valence-corrected chi connectivity index (χ3v) is 4.96. The normalized spacial score (nSPS) is 17.2. The molecule has 0 bridgehead atoms. The molecule has 10 heteroatoms. The van der Waals surface area contributed by atoms with Gasteiger partial charge in [0.1, 0.15) is 5.82 Å². The first kappa shape index (κ1) is 19.4. The summed E-state index contributed by atoms with van der Waals surface area (Å²) in [5.74, 6) is -3.18. The summed E-state index contributed by atoms with van der Waals surface area (Å²) in [4.78, 5) is 17.1. The van der Waals surface area contributed by atoms with Gasteiger partial charge in [0.25, 0.3) is 0 Å². The van der Waals surface area contributed by atoms with Gasteiger partial charge in [0.15, 0.2) is 0 Å². The maximum Gasteiger partial charge on any atom is 0.471 e. The van der Waals surface area contributed by atoms with E-state index in [1.54, 1.807) is 24.3 Å². The Kier molecular flexibility index (Phi) is 4.77. The molecule has 1 fully saturated rings. The van der Waals surface area contributed by atoms with Crippen molar-refractivity contribution in [2.24, 2.45) is 0 Å². The Balaban J connectivity index is 1.69. The molecule has 0 spiro atoms. The van der Waals surface area contributed by atoms with Crippen LogP contribution in [0.1, 0.15) is 30.3 Å². The predicted octanol–water partition coefficient (Wildman–Crippen LogP) is 5.42. The summed E-state index contributed by atoms with van der Waals surface area (Å²) in [5.41, 5.74) is 0.727. The van der Waals surface area contributed by atoms with Crippen LogP contribution in [0, 0.1) is 5.82 Å². The van der Waals surface area contributed by atoms with Crippen LogP contribution in [0.5, 0.6) is 0 Å². The van der Waals surface area contributed by atoms with Crippen LogP contribution in [0.15, 0.2) is 47.0 Å². The summed E-state index contributed by atoms with van der Waals surface area (Å²) in [5, 5.41) is 3.67. The largest absolute Gasteiger partial charge is 0.471 e. The molecule has 0 saturated carbocycles. The quantitative estimate of drug-likeness (QED) is 0.526. The summed E-state index contributed by atoms with van der Waals surface area (Å²) in [6.45, 7) is 0. The third-order valence-electron chi connectivity index (χ3n) is 4.62. The van der Waals surface area contributed by atoms with Crippen molar-refractivity contribution >= 4 is 23.2 Å². The Hall–Kier alpha value is -2.94. The molecule has 0 radical (unpaired) electrons. The van der Waals surface area contributed by atoms with E-state index in [-0.39, 0.29) is 29.6 Å². The number of rotatable bonds is 3. The van der Waals surface area contributed by atoms with Gasteiger partial charge in [-0.1, -0.05) is 35.0 Å². The number of aromatic nitrogens is 2. The van der Waals surface area contributed by atoms with Crippen LogP contribution in [-0.2, 0) is 11.0 Å². The van der Waals surface area contributed by atoms with Crippen molar-refractivity contribution < 1.29 is 26.9 Å². The van der Waals surface area contributed by atoms with Crippen molar-refractivity contribution in [1.82, 2.24) is 10.1 Å². The number of amides is 1. The van der Waals surface area contributed by atoms with E-state index >= 15 is 0 Å². The molecule has 1 aliphatic rings. The van der Waals surface area contributed by atoms with Crippen LogP contribution < -0.4 is 4.90 Å². The molecular weight excluding hydrogens is 414 g/mol. The van der Waals surface area contributed by atoms with Gasteiger partial charge in [-0.3, -0.25) is 4.79 Å². The topological polar surface area (TPSA) is 59.2 Å². The Morgan fingerprint density at radius 1 is 1.17 bits per heavy atom. The summed E-state index contributed by atoms with van der Waals surface area (Å²) in [6, 6.07) is 10.4. The molecule has 1 aromatic heterocycles. The van der Waals surface area contributed by atoms with Crippen molar-refractivity contribution in [2.75, 3.05) is 4.90 Å².